The van der Waals surface area contributed by atoms with Crippen LogP contribution >= 0.6 is 0 Å². The summed E-state index contributed by atoms with van der Waals surface area (Å²) >= 11 is 0. The molecule has 8 nitrogen and oxygen atoms in total. The number of carbonyl (C=O) groups is 3. The van der Waals surface area contributed by atoms with E-state index in [1.165, 1.54) is 6.92 Å². The fourth-order valence-electron chi connectivity index (χ4n) is 3.07. The quantitative estimate of drug-likeness (QED) is 0.450. The molecule has 3 rings (SSSR count). The number of hydrogen-bond donors (Lipinski definition) is 3. The predicted molar refractivity (Wildman–Crippen MR) is 125 cm³/mol. The molecule has 0 aliphatic heterocycles. The fraction of sp³-hybridized carbons (Fsp3) is 0.154. The van der Waals surface area contributed by atoms with E-state index < -0.39 is 29.9 Å². The highest BCUT2D eigenvalue weighted by molar-refractivity contribution is 5.98. The second kappa shape index (κ2) is 11.8. The van der Waals surface area contributed by atoms with Gasteiger partial charge in [0.2, 0.25) is 0 Å². The smallest absolute Gasteiger partial charge is 0.279 e. The van der Waals surface area contributed by atoms with Gasteiger partial charge in [-0.25, -0.2) is 0 Å². The summed E-state index contributed by atoms with van der Waals surface area (Å²) in [7, 11) is 0. The number of carbonyl (C=O) groups excluding carboxylic acids is 3. The molecule has 0 saturated heterocycles. The van der Waals surface area contributed by atoms with Crippen molar-refractivity contribution in [2.24, 2.45) is 0 Å². The van der Waals surface area contributed by atoms with Crippen LogP contribution < -0.4 is 20.9 Å². The van der Waals surface area contributed by atoms with E-state index in [4.69, 9.17) is 10.00 Å². The lowest BCUT2D eigenvalue weighted by molar-refractivity contribution is -0.133. The summed E-state index contributed by atoms with van der Waals surface area (Å²) in [4.78, 5) is 37.9. The van der Waals surface area contributed by atoms with E-state index in [2.05, 4.69) is 16.2 Å². The first-order valence-corrected chi connectivity index (χ1v) is 10.6. The second-order valence-corrected chi connectivity index (χ2v) is 7.46. The van der Waals surface area contributed by atoms with Gasteiger partial charge in [0.25, 0.3) is 17.7 Å². The van der Waals surface area contributed by atoms with Crippen molar-refractivity contribution in [1.29, 1.82) is 5.26 Å². The maximum absolute atomic E-state index is 12.9. The summed E-state index contributed by atoms with van der Waals surface area (Å²) in [6, 6.07) is 25.2. The average molecular weight is 457 g/mol. The van der Waals surface area contributed by atoms with E-state index in [1.54, 1.807) is 54.6 Å². The highest BCUT2D eigenvalue weighted by Crippen LogP contribution is 2.13. The molecule has 3 N–H and O–H groups in total. The Labute approximate surface area is 197 Å². The van der Waals surface area contributed by atoms with Crippen molar-refractivity contribution >= 4 is 17.7 Å². The summed E-state index contributed by atoms with van der Waals surface area (Å²) in [6.45, 7) is 1.53. The first kappa shape index (κ1) is 24.0. The predicted octanol–water partition coefficient (Wildman–Crippen LogP) is 2.51. The van der Waals surface area contributed by atoms with Gasteiger partial charge < -0.3 is 10.1 Å². The topological polar surface area (TPSA) is 120 Å². The summed E-state index contributed by atoms with van der Waals surface area (Å²) in [6.07, 6.45) is -0.682. The summed E-state index contributed by atoms with van der Waals surface area (Å²) in [5.41, 5.74) is 6.44. The van der Waals surface area contributed by atoms with Crippen molar-refractivity contribution in [3.8, 4) is 11.8 Å². The van der Waals surface area contributed by atoms with E-state index in [9.17, 15) is 14.4 Å². The van der Waals surface area contributed by atoms with E-state index in [-0.39, 0.29) is 6.42 Å². The van der Waals surface area contributed by atoms with Crippen LogP contribution in [0.1, 0.15) is 28.4 Å². The molecule has 0 spiro atoms. The lowest BCUT2D eigenvalue weighted by Gasteiger charge is -2.20. The molecule has 0 aromatic heterocycles. The van der Waals surface area contributed by atoms with Gasteiger partial charge in [-0.15, -0.1) is 0 Å². The number of rotatable bonds is 8. The van der Waals surface area contributed by atoms with Gasteiger partial charge in [-0.05, 0) is 48.9 Å². The van der Waals surface area contributed by atoms with Gasteiger partial charge >= 0.3 is 0 Å². The molecule has 0 radical (unpaired) electrons. The molecule has 8 heteroatoms. The zero-order valence-electron chi connectivity index (χ0n) is 18.5. The average Bonchev–Trinajstić information content (AvgIpc) is 2.88. The van der Waals surface area contributed by atoms with Gasteiger partial charge in [0, 0.05) is 12.0 Å². The van der Waals surface area contributed by atoms with Crippen LogP contribution in [0.2, 0.25) is 0 Å². The first-order valence-electron chi connectivity index (χ1n) is 10.6. The third kappa shape index (κ3) is 6.93. The Morgan fingerprint density at radius 2 is 1.44 bits per heavy atom. The van der Waals surface area contributed by atoms with Gasteiger partial charge in [-0.2, -0.15) is 5.26 Å². The third-order valence-electron chi connectivity index (χ3n) is 4.91. The van der Waals surface area contributed by atoms with Crippen LogP contribution in [-0.4, -0.2) is 29.9 Å². The van der Waals surface area contributed by atoms with E-state index in [0.717, 1.165) is 5.56 Å². The lowest BCUT2D eigenvalue weighted by Crippen LogP contribution is -2.55. The zero-order valence-corrected chi connectivity index (χ0v) is 18.5. The van der Waals surface area contributed by atoms with Gasteiger partial charge in [0.05, 0.1) is 11.6 Å². The molecule has 0 aliphatic carbocycles. The Morgan fingerprint density at radius 1 is 0.853 bits per heavy atom. The van der Waals surface area contributed by atoms with Gasteiger partial charge in [-0.3, -0.25) is 25.2 Å². The molecule has 2 atom stereocenters. The molecule has 3 aromatic carbocycles. The minimum atomic E-state index is -0.926. The molecule has 34 heavy (non-hydrogen) atoms. The SMILES string of the molecule is CC(Oc1ccc(C#N)cc1)C(=O)NNC(=O)C(Cc1ccccc1)NC(=O)c1ccccc1. The standard InChI is InChI=1S/C26H24N4O4/c1-18(34-22-14-12-20(17-27)13-15-22)24(31)29-30-26(33)23(16-19-8-4-2-5-9-19)28-25(32)21-10-6-3-7-11-21/h2-15,18,23H,16H2,1H3,(H,28,32)(H,29,31)(H,30,33). The highest BCUT2D eigenvalue weighted by atomic mass is 16.5. The summed E-state index contributed by atoms with van der Waals surface area (Å²) < 4.78 is 5.54. The van der Waals surface area contributed by atoms with Crippen molar-refractivity contribution in [3.05, 3.63) is 102 Å². The number of nitriles is 1. The Hall–Kier alpha value is -4.64. The molecule has 3 amide bonds. The lowest BCUT2D eigenvalue weighted by atomic mass is 10.0. The van der Waals surface area contributed by atoms with Gasteiger partial charge in [-0.1, -0.05) is 48.5 Å². The van der Waals surface area contributed by atoms with Crippen LogP contribution in [0.3, 0.4) is 0 Å². The van der Waals surface area contributed by atoms with Crippen LogP contribution in [-0.2, 0) is 16.0 Å². The molecule has 0 bridgehead atoms. The molecule has 0 saturated carbocycles. The van der Waals surface area contributed by atoms with E-state index in [0.29, 0.717) is 16.9 Å². The largest absolute Gasteiger partial charge is 0.481 e. The van der Waals surface area contributed by atoms with Gasteiger partial charge in [0.1, 0.15) is 11.8 Å². The minimum Gasteiger partial charge on any atom is -0.481 e. The number of amides is 3. The van der Waals surface area contributed by atoms with E-state index in [1.807, 2.05) is 36.4 Å². The van der Waals surface area contributed by atoms with E-state index >= 15 is 0 Å². The van der Waals surface area contributed by atoms with Crippen molar-refractivity contribution in [2.45, 2.75) is 25.5 Å². The van der Waals surface area contributed by atoms with Gasteiger partial charge in [0.15, 0.2) is 6.10 Å². The van der Waals surface area contributed by atoms with Crippen molar-refractivity contribution in [2.75, 3.05) is 0 Å². The maximum Gasteiger partial charge on any atom is 0.279 e. The van der Waals surface area contributed by atoms with Crippen LogP contribution in [0.5, 0.6) is 5.75 Å². The number of benzene rings is 3. The second-order valence-electron chi connectivity index (χ2n) is 7.46. The summed E-state index contributed by atoms with van der Waals surface area (Å²) in [5, 5.41) is 11.6. The monoisotopic (exact) mass is 456 g/mol. The molecular formula is C26H24N4O4. The molecule has 172 valence electrons. The number of nitrogens with zero attached hydrogens (tertiary/aromatic N) is 1. The number of nitrogens with one attached hydrogen (secondary N) is 3. The number of ether oxygens (including phenoxy) is 1. The molecule has 0 fully saturated rings. The molecule has 2 unspecified atom stereocenters. The van der Waals surface area contributed by atoms with Crippen LogP contribution in [0.4, 0.5) is 0 Å². The molecule has 0 heterocycles. The molecular weight excluding hydrogens is 432 g/mol. The third-order valence-corrected chi connectivity index (χ3v) is 4.91. The Kier molecular flexibility index (Phi) is 8.36. The zero-order chi connectivity index (χ0) is 24.3. The maximum atomic E-state index is 12.9. The summed E-state index contributed by atoms with van der Waals surface area (Å²) in [5.74, 6) is -1.15. The fourth-order valence-corrected chi connectivity index (χ4v) is 3.07. The number of hydrogen-bond acceptors (Lipinski definition) is 5. The van der Waals surface area contributed by atoms with Crippen molar-refractivity contribution < 1.29 is 19.1 Å². The Morgan fingerprint density at radius 3 is 2.06 bits per heavy atom. The van der Waals surface area contributed by atoms with Crippen LogP contribution in [0.25, 0.3) is 0 Å². The molecule has 0 aliphatic rings. The normalized spacial score (nSPS) is 11.9. The van der Waals surface area contributed by atoms with Crippen LogP contribution in [0, 0.1) is 11.3 Å². The minimum absolute atomic E-state index is 0.235. The van der Waals surface area contributed by atoms with Crippen molar-refractivity contribution in [1.82, 2.24) is 16.2 Å². The van der Waals surface area contributed by atoms with Crippen LogP contribution in [0.15, 0.2) is 84.9 Å². The van der Waals surface area contributed by atoms with Crippen molar-refractivity contribution in [3.63, 3.8) is 0 Å². The Balaban J connectivity index is 1.61. The highest BCUT2D eigenvalue weighted by Gasteiger charge is 2.23. The first-order chi connectivity index (χ1) is 16.5. The molecule has 3 aromatic rings. The number of hydrazine groups is 1. The Bertz CT molecular complexity index is 1160.